The monoisotopic (exact) mass is 397 g/mol. The molecule has 7 nitrogen and oxygen atoms in total. The zero-order chi connectivity index (χ0) is 21.2. The van der Waals surface area contributed by atoms with E-state index in [0.717, 1.165) is 37.8 Å². The summed E-state index contributed by atoms with van der Waals surface area (Å²) in [5.41, 5.74) is -2.69. The first-order valence-corrected chi connectivity index (χ1v) is 9.57. The Morgan fingerprint density at radius 3 is 1.93 bits per heavy atom. The molecule has 0 saturated carbocycles. The van der Waals surface area contributed by atoms with Crippen LogP contribution in [0.1, 0.15) is 64.9 Å². The molecule has 0 bridgehead atoms. The van der Waals surface area contributed by atoms with Gasteiger partial charge in [-0.15, -0.1) is 0 Å². The van der Waals surface area contributed by atoms with E-state index >= 15 is 0 Å². The van der Waals surface area contributed by atoms with Crippen LogP contribution in [-0.4, -0.2) is 30.1 Å². The Balaban J connectivity index is 3.12. The number of nitro benzene ring substituents is 1. The summed E-state index contributed by atoms with van der Waals surface area (Å²) in [7, 11) is 0. The number of hydrogen-bond acceptors (Lipinski definition) is 6. The maximum absolute atomic E-state index is 14.1. The highest BCUT2D eigenvalue weighted by atomic mass is 19.1. The lowest BCUT2D eigenvalue weighted by Crippen LogP contribution is -2.44. The molecule has 1 aromatic carbocycles. The zero-order valence-corrected chi connectivity index (χ0v) is 16.7. The van der Waals surface area contributed by atoms with Crippen LogP contribution in [0.2, 0.25) is 0 Å². The lowest BCUT2D eigenvalue weighted by molar-refractivity contribution is -0.387. The third-order valence-electron chi connectivity index (χ3n) is 4.50. The van der Waals surface area contributed by atoms with E-state index in [4.69, 9.17) is 9.47 Å². The van der Waals surface area contributed by atoms with Gasteiger partial charge in [0.05, 0.1) is 18.1 Å². The normalized spacial score (nSPS) is 11.1. The molecule has 0 atom stereocenters. The Hall–Kier alpha value is -2.51. The van der Waals surface area contributed by atoms with E-state index in [-0.39, 0.29) is 18.8 Å². The lowest BCUT2D eigenvalue weighted by atomic mass is 9.82. The van der Waals surface area contributed by atoms with Gasteiger partial charge in [-0.1, -0.05) is 45.6 Å². The molecule has 1 rings (SSSR count). The largest absolute Gasteiger partial charge is 0.465 e. The molecular weight excluding hydrogens is 369 g/mol. The van der Waals surface area contributed by atoms with E-state index in [1.807, 2.05) is 13.8 Å². The van der Waals surface area contributed by atoms with Crippen LogP contribution in [0, 0.1) is 15.9 Å². The predicted molar refractivity (Wildman–Crippen MR) is 101 cm³/mol. The molecule has 28 heavy (non-hydrogen) atoms. The van der Waals surface area contributed by atoms with Crippen molar-refractivity contribution < 1.29 is 28.4 Å². The quantitative estimate of drug-likeness (QED) is 0.170. The molecule has 0 radical (unpaired) electrons. The van der Waals surface area contributed by atoms with Crippen LogP contribution in [0.5, 0.6) is 0 Å². The summed E-state index contributed by atoms with van der Waals surface area (Å²) in [6, 6.07) is 2.93. The molecule has 1 aromatic rings. The van der Waals surface area contributed by atoms with Crippen molar-refractivity contribution in [3.63, 3.8) is 0 Å². The van der Waals surface area contributed by atoms with Crippen molar-refractivity contribution in [1.82, 2.24) is 0 Å². The molecule has 8 heteroatoms. The second-order valence-electron chi connectivity index (χ2n) is 6.73. The van der Waals surface area contributed by atoms with Crippen LogP contribution >= 0.6 is 0 Å². The van der Waals surface area contributed by atoms with Gasteiger partial charge in [0.15, 0.2) is 5.41 Å². The van der Waals surface area contributed by atoms with Crippen molar-refractivity contribution in [1.29, 1.82) is 0 Å². The van der Waals surface area contributed by atoms with Gasteiger partial charge in [0.2, 0.25) is 5.82 Å². The number of carbonyl (C=O) groups is 2. The van der Waals surface area contributed by atoms with Crippen LogP contribution in [-0.2, 0) is 24.5 Å². The molecule has 0 aliphatic rings. The highest BCUT2D eigenvalue weighted by Crippen LogP contribution is 2.31. The van der Waals surface area contributed by atoms with E-state index < -0.39 is 33.8 Å². The van der Waals surface area contributed by atoms with Gasteiger partial charge in [-0.05, 0) is 31.4 Å². The first-order chi connectivity index (χ1) is 13.3. The number of ether oxygens (including phenoxy) is 2. The summed E-state index contributed by atoms with van der Waals surface area (Å²) in [6.45, 7) is 5.54. The average molecular weight is 397 g/mol. The Labute approximate surface area is 164 Å². The van der Waals surface area contributed by atoms with Gasteiger partial charge in [-0.3, -0.25) is 19.7 Å². The number of carbonyl (C=O) groups excluding carboxylic acids is 2. The van der Waals surface area contributed by atoms with E-state index in [1.165, 1.54) is 13.0 Å². The number of hydrogen-bond donors (Lipinski definition) is 0. The third-order valence-corrected chi connectivity index (χ3v) is 4.50. The molecule has 0 saturated heterocycles. The van der Waals surface area contributed by atoms with Crippen molar-refractivity contribution in [2.45, 2.75) is 64.7 Å². The van der Waals surface area contributed by atoms with Gasteiger partial charge >= 0.3 is 17.6 Å². The summed E-state index contributed by atoms with van der Waals surface area (Å²) >= 11 is 0. The zero-order valence-electron chi connectivity index (χ0n) is 16.7. The molecule has 156 valence electrons. The number of rotatable bonds is 12. The Kier molecular flexibility index (Phi) is 9.55. The van der Waals surface area contributed by atoms with Crippen LogP contribution in [0.3, 0.4) is 0 Å². The summed E-state index contributed by atoms with van der Waals surface area (Å²) < 4.78 is 24.6. The summed E-state index contributed by atoms with van der Waals surface area (Å²) in [5.74, 6) is -2.86. The molecule has 0 aromatic heterocycles. The number of halogens is 1. The van der Waals surface area contributed by atoms with Crippen molar-refractivity contribution in [3.05, 3.63) is 39.7 Å². The van der Waals surface area contributed by atoms with Gasteiger partial charge in [0, 0.05) is 6.07 Å². The highest BCUT2D eigenvalue weighted by Gasteiger charge is 2.47. The smallest absolute Gasteiger partial charge is 0.327 e. The maximum Gasteiger partial charge on any atom is 0.327 e. The summed E-state index contributed by atoms with van der Waals surface area (Å²) in [5, 5.41) is 10.8. The summed E-state index contributed by atoms with van der Waals surface area (Å²) in [6.07, 6.45) is 4.86. The van der Waals surface area contributed by atoms with Crippen LogP contribution in [0.25, 0.3) is 0 Å². The molecule has 0 unspecified atom stereocenters. The number of benzene rings is 1. The lowest BCUT2D eigenvalue weighted by Gasteiger charge is -2.26. The standard InChI is InChI=1S/C20H28FNO6/c1-4-6-8-12-27-18(23)20(3,19(24)28-13-9-7-5-2)15-10-11-17(22(25)26)16(21)14-15/h10-11,14H,4-9,12-13H2,1-3H3. The SMILES string of the molecule is CCCCCOC(=O)C(C)(C(=O)OCCCCC)c1ccc([N+](=O)[O-])c(F)c1. The van der Waals surface area contributed by atoms with E-state index in [9.17, 15) is 24.1 Å². The van der Waals surface area contributed by atoms with Crippen LogP contribution in [0.15, 0.2) is 18.2 Å². The maximum atomic E-state index is 14.1. The molecule has 0 heterocycles. The number of unbranched alkanes of at least 4 members (excludes halogenated alkanes) is 4. The molecular formula is C20H28FNO6. The Morgan fingerprint density at radius 2 is 1.54 bits per heavy atom. The van der Waals surface area contributed by atoms with Gasteiger partial charge in [0.25, 0.3) is 0 Å². The van der Waals surface area contributed by atoms with Crippen molar-refractivity contribution >= 4 is 17.6 Å². The van der Waals surface area contributed by atoms with E-state index in [2.05, 4.69) is 0 Å². The molecule has 0 amide bonds. The van der Waals surface area contributed by atoms with Crippen molar-refractivity contribution in [2.75, 3.05) is 13.2 Å². The fourth-order valence-electron chi connectivity index (χ4n) is 2.61. The molecule has 0 fully saturated rings. The predicted octanol–water partition coefficient (Wildman–Crippen LogP) is 4.46. The van der Waals surface area contributed by atoms with Crippen molar-refractivity contribution in [2.24, 2.45) is 0 Å². The number of esters is 2. The summed E-state index contributed by atoms with van der Waals surface area (Å²) in [4.78, 5) is 35.4. The minimum atomic E-state index is -1.91. The number of nitrogens with zero attached hydrogens (tertiary/aromatic N) is 1. The Bertz CT molecular complexity index is 667. The van der Waals surface area contributed by atoms with E-state index in [1.54, 1.807) is 0 Å². The first-order valence-electron chi connectivity index (χ1n) is 9.57. The number of nitro groups is 1. The van der Waals surface area contributed by atoms with Gasteiger partial charge in [0.1, 0.15) is 0 Å². The molecule has 0 N–H and O–H groups in total. The first kappa shape index (κ1) is 23.5. The van der Waals surface area contributed by atoms with Gasteiger partial charge in [-0.2, -0.15) is 4.39 Å². The fourth-order valence-corrected chi connectivity index (χ4v) is 2.61. The highest BCUT2D eigenvalue weighted by molar-refractivity contribution is 6.05. The second-order valence-corrected chi connectivity index (χ2v) is 6.73. The molecule has 0 aliphatic carbocycles. The van der Waals surface area contributed by atoms with Crippen molar-refractivity contribution in [3.8, 4) is 0 Å². The molecule has 0 spiro atoms. The minimum Gasteiger partial charge on any atom is -0.465 e. The Morgan fingerprint density at radius 1 is 1.04 bits per heavy atom. The topological polar surface area (TPSA) is 95.7 Å². The average Bonchev–Trinajstić information content (AvgIpc) is 2.67. The third kappa shape index (κ3) is 6.00. The van der Waals surface area contributed by atoms with Crippen LogP contribution < -0.4 is 0 Å². The van der Waals surface area contributed by atoms with Gasteiger partial charge in [-0.25, -0.2) is 0 Å². The van der Waals surface area contributed by atoms with E-state index in [0.29, 0.717) is 12.8 Å². The minimum absolute atomic E-state index is 0.0448. The fraction of sp³-hybridized carbons (Fsp3) is 0.600. The second kappa shape index (κ2) is 11.4. The molecule has 0 aliphatic heterocycles. The van der Waals surface area contributed by atoms with Gasteiger partial charge < -0.3 is 9.47 Å². The van der Waals surface area contributed by atoms with Crippen LogP contribution in [0.4, 0.5) is 10.1 Å².